The van der Waals surface area contributed by atoms with Gasteiger partial charge in [0, 0.05) is 11.6 Å². The highest BCUT2D eigenvalue weighted by Gasteiger charge is 2.16. The van der Waals surface area contributed by atoms with Gasteiger partial charge in [-0.1, -0.05) is 5.16 Å². The van der Waals surface area contributed by atoms with Crippen molar-refractivity contribution in [3.05, 3.63) is 45.3 Å². The first-order valence-electron chi connectivity index (χ1n) is 6.33. The average Bonchev–Trinajstić information content (AvgIpc) is 2.94. The van der Waals surface area contributed by atoms with Gasteiger partial charge < -0.3 is 9.09 Å². The molecule has 0 aliphatic rings. The standard InChI is InChI=1S/C14H12BrClFN3O/c1-7-9(8(2)21-19-7)6-20-13-4-11(17)10(15)3-12(13)18-14(20)5-16/h3-4H,5-6H2,1-2H3. The number of imidazole rings is 1. The zero-order chi connectivity index (χ0) is 15.1. The third-order valence-electron chi connectivity index (χ3n) is 3.49. The summed E-state index contributed by atoms with van der Waals surface area (Å²) >= 11 is 9.15. The first-order valence-corrected chi connectivity index (χ1v) is 7.66. The monoisotopic (exact) mass is 371 g/mol. The van der Waals surface area contributed by atoms with Crippen LogP contribution in [-0.2, 0) is 12.4 Å². The summed E-state index contributed by atoms with van der Waals surface area (Å²) in [7, 11) is 0. The first kappa shape index (κ1) is 14.5. The lowest BCUT2D eigenvalue weighted by atomic mass is 10.2. The van der Waals surface area contributed by atoms with Crippen LogP contribution in [0.15, 0.2) is 21.1 Å². The first-order chi connectivity index (χ1) is 10.0. The Labute approximate surface area is 134 Å². The van der Waals surface area contributed by atoms with Crippen LogP contribution < -0.4 is 0 Å². The Kier molecular flexibility index (Phi) is 3.75. The molecule has 0 N–H and O–H groups in total. The van der Waals surface area contributed by atoms with Crippen LogP contribution in [0.1, 0.15) is 22.8 Å². The molecule has 0 aliphatic carbocycles. The molecular weight excluding hydrogens is 361 g/mol. The van der Waals surface area contributed by atoms with Crippen molar-refractivity contribution in [3.63, 3.8) is 0 Å². The van der Waals surface area contributed by atoms with Gasteiger partial charge >= 0.3 is 0 Å². The number of rotatable bonds is 3. The van der Waals surface area contributed by atoms with E-state index in [1.165, 1.54) is 6.07 Å². The van der Waals surface area contributed by atoms with Gasteiger partial charge in [0.15, 0.2) is 0 Å². The van der Waals surface area contributed by atoms with Crippen LogP contribution in [0.25, 0.3) is 11.0 Å². The molecular formula is C14H12BrClFN3O. The normalized spacial score (nSPS) is 11.5. The molecule has 0 amide bonds. The summed E-state index contributed by atoms with van der Waals surface area (Å²) in [6.07, 6.45) is 0. The maximum atomic E-state index is 13.8. The molecule has 0 bridgehead atoms. The topological polar surface area (TPSA) is 43.9 Å². The van der Waals surface area contributed by atoms with Crippen LogP contribution in [0.2, 0.25) is 0 Å². The van der Waals surface area contributed by atoms with E-state index < -0.39 is 0 Å². The average molecular weight is 373 g/mol. The third kappa shape index (κ3) is 2.46. The number of aryl methyl sites for hydroxylation is 2. The van der Waals surface area contributed by atoms with Crippen molar-refractivity contribution in [3.8, 4) is 0 Å². The summed E-state index contributed by atoms with van der Waals surface area (Å²) in [6, 6.07) is 3.12. The van der Waals surface area contributed by atoms with E-state index in [1.54, 1.807) is 6.07 Å². The molecule has 0 saturated heterocycles. The lowest BCUT2D eigenvalue weighted by Gasteiger charge is -2.07. The minimum absolute atomic E-state index is 0.247. The number of hydrogen-bond donors (Lipinski definition) is 0. The predicted octanol–water partition coefficient (Wildman–Crippen LogP) is 4.33. The van der Waals surface area contributed by atoms with Crippen molar-refractivity contribution in [2.45, 2.75) is 26.3 Å². The van der Waals surface area contributed by atoms with Crippen molar-refractivity contribution in [1.82, 2.24) is 14.7 Å². The Bertz CT molecular complexity index is 808. The summed E-state index contributed by atoms with van der Waals surface area (Å²) in [5.74, 6) is 1.34. The van der Waals surface area contributed by atoms with Gasteiger partial charge in [-0.05, 0) is 35.8 Å². The second-order valence-electron chi connectivity index (χ2n) is 4.81. The lowest BCUT2D eigenvalue weighted by Crippen LogP contribution is -2.05. The summed E-state index contributed by atoms with van der Waals surface area (Å²) in [4.78, 5) is 4.46. The van der Waals surface area contributed by atoms with Gasteiger partial charge in [-0.2, -0.15) is 0 Å². The van der Waals surface area contributed by atoms with E-state index in [0.29, 0.717) is 27.9 Å². The van der Waals surface area contributed by atoms with E-state index in [4.69, 9.17) is 16.1 Å². The van der Waals surface area contributed by atoms with E-state index in [0.717, 1.165) is 17.0 Å². The molecule has 0 atom stereocenters. The fourth-order valence-corrected chi connectivity index (χ4v) is 2.87. The van der Waals surface area contributed by atoms with Gasteiger partial charge in [-0.3, -0.25) is 0 Å². The third-order valence-corrected chi connectivity index (χ3v) is 4.33. The molecule has 0 fully saturated rings. The molecule has 7 heteroatoms. The van der Waals surface area contributed by atoms with Crippen molar-refractivity contribution in [1.29, 1.82) is 0 Å². The quantitative estimate of drug-likeness (QED) is 0.643. The van der Waals surface area contributed by atoms with E-state index in [9.17, 15) is 4.39 Å². The molecule has 4 nitrogen and oxygen atoms in total. The Hall–Kier alpha value is -1.40. The molecule has 21 heavy (non-hydrogen) atoms. The van der Waals surface area contributed by atoms with Gasteiger partial charge in [-0.25, -0.2) is 9.37 Å². The molecule has 0 saturated carbocycles. The minimum atomic E-state index is -0.330. The lowest BCUT2D eigenvalue weighted by molar-refractivity contribution is 0.392. The fourth-order valence-electron chi connectivity index (χ4n) is 2.33. The van der Waals surface area contributed by atoms with E-state index in [1.807, 2.05) is 18.4 Å². The van der Waals surface area contributed by atoms with E-state index in [2.05, 4.69) is 26.1 Å². The summed E-state index contributed by atoms with van der Waals surface area (Å²) in [5.41, 5.74) is 3.17. The van der Waals surface area contributed by atoms with Gasteiger partial charge in [0.1, 0.15) is 17.4 Å². The number of benzene rings is 1. The largest absolute Gasteiger partial charge is 0.361 e. The summed E-state index contributed by atoms with van der Waals surface area (Å²) in [6.45, 7) is 4.23. The van der Waals surface area contributed by atoms with Gasteiger partial charge in [0.05, 0.1) is 33.6 Å². The zero-order valence-corrected chi connectivity index (χ0v) is 13.8. The predicted molar refractivity (Wildman–Crippen MR) is 82.0 cm³/mol. The molecule has 0 spiro atoms. The van der Waals surface area contributed by atoms with Crippen LogP contribution in [0.5, 0.6) is 0 Å². The van der Waals surface area contributed by atoms with Crippen LogP contribution in [0.4, 0.5) is 4.39 Å². The molecule has 2 heterocycles. The van der Waals surface area contributed by atoms with Crippen molar-refractivity contribution >= 4 is 38.6 Å². The molecule has 2 aromatic heterocycles. The number of nitrogens with zero attached hydrogens (tertiary/aromatic N) is 3. The molecule has 3 aromatic rings. The molecule has 0 aliphatic heterocycles. The van der Waals surface area contributed by atoms with Gasteiger partial charge in [-0.15, -0.1) is 11.6 Å². The Morgan fingerprint density at radius 1 is 1.38 bits per heavy atom. The van der Waals surface area contributed by atoms with Crippen molar-refractivity contribution in [2.75, 3.05) is 0 Å². The highest BCUT2D eigenvalue weighted by atomic mass is 79.9. The summed E-state index contributed by atoms with van der Waals surface area (Å²) < 4.78 is 21.3. The maximum Gasteiger partial charge on any atom is 0.139 e. The zero-order valence-electron chi connectivity index (χ0n) is 11.5. The fraction of sp³-hybridized carbons (Fsp3) is 0.286. The van der Waals surface area contributed by atoms with Gasteiger partial charge in [0.2, 0.25) is 0 Å². The van der Waals surface area contributed by atoms with Crippen LogP contribution >= 0.6 is 27.5 Å². The summed E-state index contributed by atoms with van der Waals surface area (Å²) in [5, 5.41) is 3.94. The number of fused-ring (bicyclic) bond motifs is 1. The number of hydrogen-bond acceptors (Lipinski definition) is 3. The van der Waals surface area contributed by atoms with E-state index >= 15 is 0 Å². The highest BCUT2D eigenvalue weighted by molar-refractivity contribution is 9.10. The highest BCUT2D eigenvalue weighted by Crippen LogP contribution is 2.26. The smallest absolute Gasteiger partial charge is 0.139 e. The van der Waals surface area contributed by atoms with E-state index in [-0.39, 0.29) is 11.7 Å². The SMILES string of the molecule is Cc1noc(C)c1Cn1c(CCl)nc2cc(Br)c(F)cc21. The Morgan fingerprint density at radius 2 is 2.14 bits per heavy atom. The number of aromatic nitrogens is 3. The van der Waals surface area contributed by atoms with Crippen molar-refractivity contribution < 1.29 is 8.91 Å². The second kappa shape index (κ2) is 5.42. The van der Waals surface area contributed by atoms with Gasteiger partial charge in [0.25, 0.3) is 0 Å². The molecule has 3 rings (SSSR count). The van der Waals surface area contributed by atoms with Crippen LogP contribution in [0, 0.1) is 19.7 Å². The Morgan fingerprint density at radius 3 is 2.76 bits per heavy atom. The second-order valence-corrected chi connectivity index (χ2v) is 5.93. The molecule has 110 valence electrons. The number of halogens is 3. The maximum absolute atomic E-state index is 13.8. The minimum Gasteiger partial charge on any atom is -0.361 e. The molecule has 1 aromatic carbocycles. The van der Waals surface area contributed by atoms with Crippen molar-refractivity contribution in [2.24, 2.45) is 0 Å². The Balaban J connectivity index is 2.18. The molecule has 0 radical (unpaired) electrons. The van der Waals surface area contributed by atoms with Crippen LogP contribution in [0.3, 0.4) is 0 Å². The molecule has 0 unspecified atom stereocenters. The van der Waals surface area contributed by atoms with Crippen LogP contribution in [-0.4, -0.2) is 14.7 Å². The number of alkyl halides is 1.